The molecule has 1 aliphatic heterocycles. The number of benzene rings is 2. The monoisotopic (exact) mass is 487 g/mol. The molecule has 174 valence electrons. The number of nitrogens with two attached hydrogens (primary N) is 1. The minimum atomic E-state index is -3.30. The summed E-state index contributed by atoms with van der Waals surface area (Å²) < 4.78 is 31.9. The number of piperidine rings is 1. The predicted octanol–water partition coefficient (Wildman–Crippen LogP) is 3.96. The second-order valence-electron chi connectivity index (χ2n) is 7.74. The Kier molecular flexibility index (Phi) is 7.32. The van der Waals surface area contributed by atoms with E-state index in [1.807, 2.05) is 54.6 Å². The highest BCUT2D eigenvalue weighted by atomic mass is 35.5. The molecule has 1 fully saturated rings. The maximum Gasteiger partial charge on any atom is 0.215 e. The Bertz CT molecular complexity index is 1170. The molecule has 10 heteroatoms. The Morgan fingerprint density at radius 3 is 2.36 bits per heavy atom. The van der Waals surface area contributed by atoms with Crippen LogP contribution in [0.25, 0.3) is 11.1 Å². The van der Waals surface area contributed by atoms with Crippen molar-refractivity contribution < 1.29 is 13.2 Å². The Balaban J connectivity index is 1.47. The van der Waals surface area contributed by atoms with Gasteiger partial charge >= 0.3 is 0 Å². The molecule has 0 radical (unpaired) electrons. The third kappa shape index (κ3) is 5.73. The summed E-state index contributed by atoms with van der Waals surface area (Å²) in [5, 5.41) is 3.44. The summed E-state index contributed by atoms with van der Waals surface area (Å²) in [6, 6.07) is 17.2. The number of hydrogen-bond donors (Lipinski definition) is 2. The van der Waals surface area contributed by atoms with E-state index in [0.29, 0.717) is 48.9 Å². The van der Waals surface area contributed by atoms with Crippen molar-refractivity contribution in [1.82, 2.24) is 14.3 Å². The molecule has 0 saturated carbocycles. The third-order valence-electron chi connectivity index (χ3n) is 5.52. The zero-order chi connectivity index (χ0) is 23.3. The number of aromatic nitrogens is 2. The molecule has 1 aromatic heterocycles. The molecular weight excluding hydrogens is 462 g/mol. The highest BCUT2D eigenvalue weighted by molar-refractivity contribution is 7.89. The highest BCUT2D eigenvalue weighted by Crippen LogP contribution is 2.33. The first-order chi connectivity index (χ1) is 16.0. The van der Waals surface area contributed by atoms with Crippen molar-refractivity contribution in [3.05, 3.63) is 60.9 Å². The number of nitrogens with one attached hydrogen (secondary N) is 1. The van der Waals surface area contributed by atoms with Gasteiger partial charge in [-0.1, -0.05) is 30.3 Å². The molecule has 0 atom stereocenters. The highest BCUT2D eigenvalue weighted by Gasteiger charge is 2.28. The first-order valence-electron chi connectivity index (χ1n) is 10.7. The molecule has 3 aromatic rings. The molecule has 8 nitrogen and oxygen atoms in total. The first-order valence-corrected chi connectivity index (χ1v) is 12.8. The van der Waals surface area contributed by atoms with E-state index in [0.717, 1.165) is 11.3 Å². The second kappa shape index (κ2) is 10.4. The number of anilines is 2. The molecule has 4 rings (SSSR count). The summed E-state index contributed by atoms with van der Waals surface area (Å²) in [5.74, 6) is 2.52. The summed E-state index contributed by atoms with van der Waals surface area (Å²) in [6.45, 7) is 0.886. The van der Waals surface area contributed by atoms with Crippen LogP contribution in [0.1, 0.15) is 12.8 Å². The van der Waals surface area contributed by atoms with Crippen LogP contribution in [0.2, 0.25) is 0 Å². The normalized spacial score (nSPS) is 15.3. The van der Waals surface area contributed by atoms with Gasteiger partial charge in [0.1, 0.15) is 29.5 Å². The van der Waals surface area contributed by atoms with Crippen LogP contribution in [0.4, 0.5) is 11.6 Å². The van der Waals surface area contributed by atoms with Crippen molar-refractivity contribution in [1.29, 1.82) is 0 Å². The number of rotatable bonds is 8. The third-order valence-corrected chi connectivity index (χ3v) is 7.81. The number of alkyl halides is 1. The van der Waals surface area contributed by atoms with Gasteiger partial charge < -0.3 is 15.8 Å². The number of hydrogen-bond acceptors (Lipinski definition) is 7. The Labute approximate surface area is 198 Å². The average molecular weight is 488 g/mol. The first kappa shape index (κ1) is 23.3. The fourth-order valence-electron chi connectivity index (χ4n) is 3.81. The Morgan fingerprint density at radius 2 is 1.70 bits per heavy atom. The Hall–Kier alpha value is -2.88. The van der Waals surface area contributed by atoms with Gasteiger partial charge in [0.25, 0.3) is 0 Å². The van der Waals surface area contributed by atoms with Gasteiger partial charge in [-0.2, -0.15) is 0 Å². The van der Waals surface area contributed by atoms with Crippen LogP contribution in [0, 0.1) is 0 Å². The lowest BCUT2D eigenvalue weighted by molar-refractivity contribution is 0.330. The van der Waals surface area contributed by atoms with Gasteiger partial charge in [0, 0.05) is 25.0 Å². The number of para-hydroxylation sites is 1. The topological polar surface area (TPSA) is 110 Å². The molecule has 0 bridgehead atoms. The summed E-state index contributed by atoms with van der Waals surface area (Å²) in [6.07, 6.45) is 2.75. The van der Waals surface area contributed by atoms with Gasteiger partial charge in [-0.15, -0.1) is 11.6 Å². The maximum absolute atomic E-state index is 12.3. The van der Waals surface area contributed by atoms with E-state index in [-0.39, 0.29) is 17.7 Å². The van der Waals surface area contributed by atoms with E-state index in [9.17, 15) is 8.42 Å². The van der Waals surface area contributed by atoms with Crippen molar-refractivity contribution in [2.45, 2.75) is 18.9 Å². The van der Waals surface area contributed by atoms with E-state index in [2.05, 4.69) is 15.3 Å². The molecule has 1 saturated heterocycles. The van der Waals surface area contributed by atoms with Gasteiger partial charge in [0.2, 0.25) is 10.0 Å². The smallest absolute Gasteiger partial charge is 0.215 e. The standard InChI is InChI=1S/C23H26ClN5O3S/c24-12-15-33(30,31)29-13-10-18(11-14-29)28-23-21(22(25)26-16-27-23)17-6-8-20(9-7-17)32-19-4-2-1-3-5-19/h1-9,16,18H,10-15H2,(H3,25,26,27,28). The van der Waals surface area contributed by atoms with Crippen LogP contribution in [0.3, 0.4) is 0 Å². The van der Waals surface area contributed by atoms with E-state index in [4.69, 9.17) is 22.1 Å². The maximum atomic E-state index is 12.3. The number of nitrogens with zero attached hydrogens (tertiary/aromatic N) is 3. The van der Waals surface area contributed by atoms with Gasteiger partial charge in [0.15, 0.2) is 0 Å². The van der Waals surface area contributed by atoms with E-state index < -0.39 is 10.0 Å². The van der Waals surface area contributed by atoms with Crippen LogP contribution >= 0.6 is 11.6 Å². The number of sulfonamides is 1. The molecule has 1 aliphatic rings. The minimum Gasteiger partial charge on any atom is -0.457 e. The van der Waals surface area contributed by atoms with Gasteiger partial charge in [-0.3, -0.25) is 0 Å². The summed E-state index contributed by atoms with van der Waals surface area (Å²) >= 11 is 5.63. The summed E-state index contributed by atoms with van der Waals surface area (Å²) in [5.41, 5.74) is 7.78. The molecule has 33 heavy (non-hydrogen) atoms. The van der Waals surface area contributed by atoms with Crippen LogP contribution < -0.4 is 15.8 Å². The van der Waals surface area contributed by atoms with Gasteiger partial charge in [-0.05, 0) is 42.7 Å². The fraction of sp³-hybridized carbons (Fsp3) is 0.304. The molecular formula is C23H26ClN5O3S. The van der Waals surface area contributed by atoms with Crippen molar-refractivity contribution >= 4 is 33.3 Å². The van der Waals surface area contributed by atoms with Gasteiger partial charge in [0.05, 0.1) is 11.3 Å². The van der Waals surface area contributed by atoms with Gasteiger partial charge in [-0.25, -0.2) is 22.7 Å². The largest absolute Gasteiger partial charge is 0.457 e. The Morgan fingerprint density at radius 1 is 1.03 bits per heavy atom. The lowest BCUT2D eigenvalue weighted by Crippen LogP contribution is -2.43. The van der Waals surface area contributed by atoms with Crippen molar-refractivity contribution in [3.63, 3.8) is 0 Å². The summed E-state index contributed by atoms with van der Waals surface area (Å²) in [4.78, 5) is 8.57. The zero-order valence-electron chi connectivity index (χ0n) is 18.0. The molecule has 2 heterocycles. The summed E-state index contributed by atoms with van der Waals surface area (Å²) in [7, 11) is -3.30. The van der Waals surface area contributed by atoms with Crippen molar-refractivity contribution in [2.24, 2.45) is 0 Å². The number of nitrogen functional groups attached to an aromatic ring is 1. The fourth-order valence-corrected chi connectivity index (χ4v) is 5.61. The average Bonchev–Trinajstić information content (AvgIpc) is 2.81. The van der Waals surface area contributed by atoms with Crippen LogP contribution in [0.15, 0.2) is 60.9 Å². The number of halogens is 1. The van der Waals surface area contributed by atoms with Crippen molar-refractivity contribution in [3.8, 4) is 22.6 Å². The lowest BCUT2D eigenvalue weighted by atomic mass is 10.0. The molecule has 0 spiro atoms. The molecule has 3 N–H and O–H groups in total. The lowest BCUT2D eigenvalue weighted by Gasteiger charge is -2.32. The minimum absolute atomic E-state index is 0.0385. The number of ether oxygens (including phenoxy) is 1. The molecule has 2 aromatic carbocycles. The SMILES string of the molecule is Nc1ncnc(NC2CCN(S(=O)(=O)CCCl)CC2)c1-c1ccc(Oc2ccccc2)cc1. The second-order valence-corrected chi connectivity index (χ2v) is 10.2. The van der Waals surface area contributed by atoms with Crippen LogP contribution in [-0.4, -0.2) is 53.5 Å². The van der Waals surface area contributed by atoms with Crippen LogP contribution in [0.5, 0.6) is 11.5 Å². The van der Waals surface area contributed by atoms with E-state index >= 15 is 0 Å². The molecule has 0 amide bonds. The quantitative estimate of drug-likeness (QED) is 0.462. The zero-order valence-corrected chi connectivity index (χ0v) is 19.6. The van der Waals surface area contributed by atoms with E-state index in [1.54, 1.807) is 0 Å². The van der Waals surface area contributed by atoms with E-state index in [1.165, 1.54) is 10.6 Å². The predicted molar refractivity (Wildman–Crippen MR) is 131 cm³/mol. The van der Waals surface area contributed by atoms with Crippen molar-refractivity contribution in [2.75, 3.05) is 35.8 Å². The molecule has 0 unspecified atom stereocenters. The molecule has 0 aliphatic carbocycles. The van der Waals surface area contributed by atoms with Crippen LogP contribution in [-0.2, 0) is 10.0 Å².